The first-order valence-electron chi connectivity index (χ1n) is 10.5. The van der Waals surface area contributed by atoms with Gasteiger partial charge in [0.2, 0.25) is 5.91 Å². The Morgan fingerprint density at radius 1 is 1.03 bits per heavy atom. The number of amides is 1. The van der Waals surface area contributed by atoms with Gasteiger partial charge in [0.15, 0.2) is 0 Å². The van der Waals surface area contributed by atoms with Crippen LogP contribution in [0.3, 0.4) is 0 Å². The fraction of sp³-hybridized carbons (Fsp3) is 0.231. The quantitative estimate of drug-likeness (QED) is 0.343. The topological polar surface area (TPSA) is 79.5 Å². The lowest BCUT2D eigenvalue weighted by atomic mass is 9.89. The van der Waals surface area contributed by atoms with Crippen molar-refractivity contribution >= 4 is 39.2 Å². The number of rotatable bonds is 6. The maximum absolute atomic E-state index is 12.7. The molecule has 4 aromatic rings. The number of thiophene rings is 1. The molecule has 2 aromatic heterocycles. The molecule has 32 heavy (non-hydrogen) atoms. The highest BCUT2D eigenvalue weighted by molar-refractivity contribution is 7.17. The third-order valence-electron chi connectivity index (χ3n) is 5.21. The lowest BCUT2D eigenvalue weighted by Crippen LogP contribution is -2.14. The van der Waals surface area contributed by atoms with Gasteiger partial charge in [-0.15, -0.1) is 11.3 Å². The fourth-order valence-electron chi connectivity index (χ4n) is 3.68. The summed E-state index contributed by atoms with van der Waals surface area (Å²) in [5.74, 6) is -0.811. The molecule has 0 bridgehead atoms. The number of aryl methyl sites for hydroxylation is 1. The molecule has 2 heterocycles. The molecular formula is C26H25NO4S. The number of benzene rings is 2. The van der Waals surface area contributed by atoms with Crippen LogP contribution in [-0.2, 0) is 16.6 Å². The van der Waals surface area contributed by atoms with Gasteiger partial charge in [-0.25, -0.2) is 4.79 Å². The number of carboxylic acids is 1. The van der Waals surface area contributed by atoms with Gasteiger partial charge in [-0.3, -0.25) is 4.79 Å². The third-order valence-corrected chi connectivity index (χ3v) is 6.74. The Labute approximate surface area is 190 Å². The number of aromatic carboxylic acids is 1. The van der Waals surface area contributed by atoms with E-state index in [0.29, 0.717) is 28.3 Å². The van der Waals surface area contributed by atoms with Crippen molar-refractivity contribution in [3.8, 4) is 11.3 Å². The number of hydrogen-bond donors (Lipinski definition) is 2. The van der Waals surface area contributed by atoms with Crippen LogP contribution in [0.15, 0.2) is 65.1 Å². The van der Waals surface area contributed by atoms with E-state index in [1.807, 2.05) is 81.4 Å². The molecule has 0 aliphatic rings. The van der Waals surface area contributed by atoms with Crippen molar-refractivity contribution < 1.29 is 19.1 Å². The monoisotopic (exact) mass is 447 g/mol. The number of hydrogen-bond acceptors (Lipinski definition) is 4. The number of carboxylic acid groups (broad SMARTS) is 1. The van der Waals surface area contributed by atoms with Gasteiger partial charge in [-0.2, -0.15) is 0 Å². The molecule has 0 saturated heterocycles. The number of nitrogens with one attached hydrogen (secondary N) is 1. The van der Waals surface area contributed by atoms with Gasteiger partial charge in [0, 0.05) is 22.2 Å². The molecular weight excluding hydrogens is 422 g/mol. The molecule has 1 amide bonds. The Morgan fingerprint density at radius 3 is 2.38 bits per heavy atom. The minimum atomic E-state index is -1.09. The summed E-state index contributed by atoms with van der Waals surface area (Å²) in [6.45, 7) is 6.08. The second-order valence-corrected chi connectivity index (χ2v) is 9.77. The molecule has 0 atom stereocenters. The SMILES string of the molecule is CC(C)(C)c1sc(NC(=O)CCc2ccccc2)c(C(=O)O)c1-c1cc2ccccc2o1. The highest BCUT2D eigenvalue weighted by Gasteiger charge is 2.32. The van der Waals surface area contributed by atoms with Gasteiger partial charge >= 0.3 is 5.97 Å². The summed E-state index contributed by atoms with van der Waals surface area (Å²) in [4.78, 5) is 25.9. The van der Waals surface area contributed by atoms with E-state index in [-0.39, 0.29) is 23.3 Å². The number of carbonyl (C=O) groups excluding carboxylic acids is 1. The van der Waals surface area contributed by atoms with Crippen molar-refractivity contribution in [1.29, 1.82) is 0 Å². The molecule has 0 radical (unpaired) electrons. The van der Waals surface area contributed by atoms with Crippen LogP contribution in [0.2, 0.25) is 0 Å². The van der Waals surface area contributed by atoms with Crippen molar-refractivity contribution in [1.82, 2.24) is 0 Å². The predicted molar refractivity (Wildman–Crippen MR) is 129 cm³/mol. The van der Waals surface area contributed by atoms with Crippen LogP contribution in [0.5, 0.6) is 0 Å². The highest BCUT2D eigenvalue weighted by Crippen LogP contribution is 2.47. The van der Waals surface area contributed by atoms with Crippen molar-refractivity contribution in [2.45, 2.75) is 39.0 Å². The molecule has 2 N–H and O–H groups in total. The summed E-state index contributed by atoms with van der Waals surface area (Å²) in [7, 11) is 0. The molecule has 0 aliphatic heterocycles. The van der Waals surface area contributed by atoms with E-state index in [0.717, 1.165) is 15.8 Å². The second kappa shape index (κ2) is 8.63. The number of fused-ring (bicyclic) bond motifs is 1. The average Bonchev–Trinajstić information content (AvgIpc) is 3.34. The fourth-order valence-corrected chi connectivity index (χ4v) is 4.95. The van der Waals surface area contributed by atoms with Crippen molar-refractivity contribution in [2.75, 3.05) is 5.32 Å². The molecule has 164 valence electrons. The summed E-state index contributed by atoms with van der Waals surface area (Å²) in [5.41, 5.74) is 2.02. The molecule has 0 spiro atoms. The van der Waals surface area contributed by atoms with Gasteiger partial charge in [-0.1, -0.05) is 69.3 Å². The van der Waals surface area contributed by atoms with E-state index >= 15 is 0 Å². The lowest BCUT2D eigenvalue weighted by Gasteiger charge is -2.18. The normalized spacial score (nSPS) is 11.6. The van der Waals surface area contributed by atoms with Gasteiger partial charge in [-0.05, 0) is 29.5 Å². The largest absolute Gasteiger partial charge is 0.478 e. The zero-order chi connectivity index (χ0) is 22.9. The zero-order valence-electron chi connectivity index (χ0n) is 18.3. The molecule has 2 aromatic carbocycles. The van der Waals surface area contributed by atoms with E-state index in [1.54, 1.807) is 0 Å². The minimum Gasteiger partial charge on any atom is -0.478 e. The van der Waals surface area contributed by atoms with Gasteiger partial charge in [0.25, 0.3) is 0 Å². The summed E-state index contributed by atoms with van der Waals surface area (Å²) < 4.78 is 6.04. The third kappa shape index (κ3) is 4.46. The summed E-state index contributed by atoms with van der Waals surface area (Å²) in [6, 6.07) is 19.2. The lowest BCUT2D eigenvalue weighted by molar-refractivity contribution is -0.116. The van der Waals surface area contributed by atoms with Crippen LogP contribution in [0, 0.1) is 0 Å². The summed E-state index contributed by atoms with van der Waals surface area (Å²) >= 11 is 1.30. The van der Waals surface area contributed by atoms with E-state index in [2.05, 4.69) is 5.32 Å². The summed E-state index contributed by atoms with van der Waals surface area (Å²) in [5, 5.41) is 14.2. The maximum Gasteiger partial charge on any atom is 0.339 e. The highest BCUT2D eigenvalue weighted by atomic mass is 32.1. The number of carbonyl (C=O) groups is 2. The smallest absolute Gasteiger partial charge is 0.339 e. The zero-order valence-corrected chi connectivity index (χ0v) is 19.1. The number of para-hydroxylation sites is 1. The van der Waals surface area contributed by atoms with Crippen LogP contribution in [-0.4, -0.2) is 17.0 Å². The molecule has 4 rings (SSSR count). The molecule has 5 nitrogen and oxygen atoms in total. The van der Waals surface area contributed by atoms with Gasteiger partial charge in [0.05, 0.1) is 0 Å². The van der Waals surface area contributed by atoms with Crippen LogP contribution in [0.25, 0.3) is 22.3 Å². The average molecular weight is 448 g/mol. The van der Waals surface area contributed by atoms with E-state index < -0.39 is 5.97 Å². The van der Waals surface area contributed by atoms with Gasteiger partial charge < -0.3 is 14.8 Å². The van der Waals surface area contributed by atoms with Crippen LogP contribution in [0.4, 0.5) is 5.00 Å². The standard InChI is InChI=1S/C26H25NO4S/c1-26(2,3)23-21(19-15-17-11-7-8-12-18(17)31-19)22(25(29)30)24(32-23)27-20(28)14-13-16-9-5-4-6-10-16/h4-12,15H,13-14H2,1-3H3,(H,27,28)(H,29,30). The maximum atomic E-state index is 12.7. The molecule has 0 saturated carbocycles. The molecule has 0 aliphatic carbocycles. The predicted octanol–water partition coefficient (Wildman–Crippen LogP) is 6.73. The number of anilines is 1. The van der Waals surface area contributed by atoms with Crippen molar-refractivity contribution in [3.63, 3.8) is 0 Å². The number of furan rings is 1. The minimum absolute atomic E-state index is 0.0760. The Hall–Kier alpha value is -3.38. The first kappa shape index (κ1) is 21.8. The van der Waals surface area contributed by atoms with Crippen molar-refractivity contribution in [3.05, 3.63) is 76.7 Å². The Kier molecular flexibility index (Phi) is 5.89. The Morgan fingerprint density at radius 2 is 1.72 bits per heavy atom. The van der Waals surface area contributed by atoms with Crippen LogP contribution >= 0.6 is 11.3 Å². The van der Waals surface area contributed by atoms with Crippen LogP contribution < -0.4 is 5.32 Å². The first-order valence-corrected chi connectivity index (χ1v) is 11.3. The van der Waals surface area contributed by atoms with E-state index in [4.69, 9.17) is 4.42 Å². The van der Waals surface area contributed by atoms with Crippen LogP contribution in [0.1, 0.15) is 48.0 Å². The summed E-state index contributed by atoms with van der Waals surface area (Å²) in [6.07, 6.45) is 0.856. The molecule has 6 heteroatoms. The first-order chi connectivity index (χ1) is 15.2. The van der Waals surface area contributed by atoms with E-state index in [1.165, 1.54) is 11.3 Å². The Bertz CT molecular complexity index is 1250. The second-order valence-electron chi connectivity index (χ2n) is 8.75. The molecule has 0 unspecified atom stereocenters. The Balaban J connectivity index is 1.73. The van der Waals surface area contributed by atoms with E-state index in [9.17, 15) is 14.7 Å². The van der Waals surface area contributed by atoms with Crippen molar-refractivity contribution in [2.24, 2.45) is 0 Å². The van der Waals surface area contributed by atoms with Gasteiger partial charge in [0.1, 0.15) is 21.9 Å². The molecule has 0 fully saturated rings.